The maximum atomic E-state index is 5.99. The van der Waals surface area contributed by atoms with Gasteiger partial charge in [-0.05, 0) is 36.2 Å². The minimum absolute atomic E-state index is 0.739. The first kappa shape index (κ1) is 15.0. The van der Waals surface area contributed by atoms with Crippen molar-refractivity contribution in [2.24, 2.45) is 0 Å². The van der Waals surface area contributed by atoms with Crippen molar-refractivity contribution in [3.8, 4) is 11.3 Å². The number of aryl methyl sites for hydroxylation is 1. The monoisotopic (exact) mass is 332 g/mol. The Kier molecular flexibility index (Phi) is 3.83. The van der Waals surface area contributed by atoms with Gasteiger partial charge in [-0.3, -0.25) is 0 Å². The SMILES string of the molecule is Cc1ccn2cc(-c3ccc(Cl)cc3)nc2c1Cc1ccccc1. The summed E-state index contributed by atoms with van der Waals surface area (Å²) in [5.41, 5.74) is 6.88. The fourth-order valence-corrected chi connectivity index (χ4v) is 3.10. The summed E-state index contributed by atoms with van der Waals surface area (Å²) in [5.74, 6) is 0. The number of hydrogen-bond donors (Lipinski definition) is 0. The molecule has 2 aromatic carbocycles. The second-order valence-corrected chi connectivity index (χ2v) is 6.44. The van der Waals surface area contributed by atoms with E-state index in [0.29, 0.717) is 0 Å². The summed E-state index contributed by atoms with van der Waals surface area (Å²) in [6.45, 7) is 2.15. The molecule has 0 bridgehead atoms. The van der Waals surface area contributed by atoms with Crippen LogP contribution in [-0.4, -0.2) is 9.38 Å². The van der Waals surface area contributed by atoms with Crippen molar-refractivity contribution in [3.05, 3.63) is 94.8 Å². The molecule has 0 radical (unpaired) electrons. The van der Waals surface area contributed by atoms with Gasteiger partial charge in [-0.1, -0.05) is 54.1 Å². The Morgan fingerprint density at radius 2 is 1.71 bits per heavy atom. The largest absolute Gasteiger partial charge is 0.306 e. The summed E-state index contributed by atoms with van der Waals surface area (Å²) in [5, 5.41) is 0.739. The van der Waals surface area contributed by atoms with Crippen molar-refractivity contribution in [1.82, 2.24) is 9.38 Å². The summed E-state index contributed by atoms with van der Waals surface area (Å²) in [4.78, 5) is 4.89. The number of aromatic nitrogens is 2. The van der Waals surface area contributed by atoms with Crippen LogP contribution in [0.3, 0.4) is 0 Å². The predicted molar refractivity (Wildman–Crippen MR) is 99.6 cm³/mol. The normalized spacial score (nSPS) is 11.1. The molecule has 24 heavy (non-hydrogen) atoms. The second-order valence-electron chi connectivity index (χ2n) is 6.00. The lowest BCUT2D eigenvalue weighted by atomic mass is 10.0. The Labute approximate surface area is 146 Å². The van der Waals surface area contributed by atoms with Crippen LogP contribution in [0.25, 0.3) is 16.9 Å². The molecule has 0 spiro atoms. The van der Waals surface area contributed by atoms with Crippen LogP contribution in [0.4, 0.5) is 0 Å². The standard InChI is InChI=1S/C21H17ClN2/c1-15-11-12-24-14-20(17-7-9-18(22)10-8-17)23-21(24)19(15)13-16-5-3-2-4-6-16/h2-12,14H,13H2,1H3. The fraction of sp³-hybridized carbons (Fsp3) is 0.0952. The van der Waals surface area contributed by atoms with Gasteiger partial charge in [-0.2, -0.15) is 0 Å². The maximum Gasteiger partial charge on any atom is 0.141 e. The smallest absolute Gasteiger partial charge is 0.141 e. The third kappa shape index (κ3) is 2.81. The van der Waals surface area contributed by atoms with E-state index in [-0.39, 0.29) is 0 Å². The number of imidazole rings is 1. The zero-order chi connectivity index (χ0) is 16.5. The van der Waals surface area contributed by atoms with Gasteiger partial charge >= 0.3 is 0 Å². The Morgan fingerprint density at radius 3 is 2.46 bits per heavy atom. The van der Waals surface area contributed by atoms with Gasteiger partial charge in [0.05, 0.1) is 5.69 Å². The van der Waals surface area contributed by atoms with Gasteiger partial charge in [0.2, 0.25) is 0 Å². The molecule has 3 heteroatoms. The highest BCUT2D eigenvalue weighted by atomic mass is 35.5. The first-order valence-corrected chi connectivity index (χ1v) is 8.35. The minimum atomic E-state index is 0.739. The van der Waals surface area contributed by atoms with E-state index >= 15 is 0 Å². The second kappa shape index (κ2) is 6.14. The summed E-state index contributed by atoms with van der Waals surface area (Å²) >= 11 is 5.99. The molecule has 0 fully saturated rings. The number of pyridine rings is 1. The predicted octanol–water partition coefficient (Wildman–Crippen LogP) is 5.55. The zero-order valence-electron chi connectivity index (χ0n) is 13.4. The third-order valence-electron chi connectivity index (χ3n) is 4.33. The van der Waals surface area contributed by atoms with E-state index in [2.05, 4.69) is 54.0 Å². The van der Waals surface area contributed by atoms with E-state index in [9.17, 15) is 0 Å². The van der Waals surface area contributed by atoms with Crippen molar-refractivity contribution in [2.45, 2.75) is 13.3 Å². The molecule has 0 amide bonds. The van der Waals surface area contributed by atoms with Gasteiger partial charge in [0.25, 0.3) is 0 Å². The third-order valence-corrected chi connectivity index (χ3v) is 4.58. The van der Waals surface area contributed by atoms with E-state index in [1.807, 2.05) is 30.3 Å². The molecule has 0 saturated heterocycles. The molecule has 2 nitrogen and oxygen atoms in total. The van der Waals surface area contributed by atoms with Crippen LogP contribution in [0.15, 0.2) is 73.1 Å². The molecule has 0 aliphatic carbocycles. The molecule has 0 aliphatic heterocycles. The van der Waals surface area contributed by atoms with E-state index in [0.717, 1.165) is 28.3 Å². The lowest BCUT2D eigenvalue weighted by molar-refractivity contribution is 1.09. The number of nitrogens with zero attached hydrogens (tertiary/aromatic N) is 2. The van der Waals surface area contributed by atoms with Gasteiger partial charge in [-0.25, -0.2) is 4.98 Å². The number of hydrogen-bond acceptors (Lipinski definition) is 1. The highest BCUT2D eigenvalue weighted by molar-refractivity contribution is 6.30. The Hall–Kier alpha value is -2.58. The molecule has 0 saturated carbocycles. The average molecular weight is 333 g/mol. The molecule has 0 atom stereocenters. The van der Waals surface area contributed by atoms with E-state index in [1.165, 1.54) is 16.7 Å². The fourth-order valence-electron chi connectivity index (χ4n) is 2.98. The number of rotatable bonds is 3. The van der Waals surface area contributed by atoms with Crippen molar-refractivity contribution >= 4 is 17.2 Å². The van der Waals surface area contributed by atoms with Gasteiger partial charge < -0.3 is 4.40 Å². The van der Waals surface area contributed by atoms with Crippen LogP contribution >= 0.6 is 11.6 Å². The molecular formula is C21H17ClN2. The van der Waals surface area contributed by atoms with Crippen LogP contribution in [0.1, 0.15) is 16.7 Å². The topological polar surface area (TPSA) is 17.3 Å². The Balaban J connectivity index is 1.82. The Bertz CT molecular complexity index is 986. The van der Waals surface area contributed by atoms with Gasteiger partial charge in [0.1, 0.15) is 5.65 Å². The lowest BCUT2D eigenvalue weighted by Gasteiger charge is -2.07. The summed E-state index contributed by atoms with van der Waals surface area (Å²) in [6, 6.07) is 20.5. The average Bonchev–Trinajstić information content (AvgIpc) is 3.03. The molecule has 0 unspecified atom stereocenters. The minimum Gasteiger partial charge on any atom is -0.306 e. The highest BCUT2D eigenvalue weighted by Gasteiger charge is 2.11. The molecular weight excluding hydrogens is 316 g/mol. The first-order chi connectivity index (χ1) is 11.7. The van der Waals surface area contributed by atoms with Crippen LogP contribution in [0.2, 0.25) is 5.02 Å². The first-order valence-electron chi connectivity index (χ1n) is 7.98. The zero-order valence-corrected chi connectivity index (χ0v) is 14.2. The molecule has 4 aromatic rings. The van der Waals surface area contributed by atoms with E-state index < -0.39 is 0 Å². The quantitative estimate of drug-likeness (QED) is 0.480. The lowest BCUT2D eigenvalue weighted by Crippen LogP contribution is -1.97. The maximum absolute atomic E-state index is 5.99. The van der Waals surface area contributed by atoms with Crippen LogP contribution in [0.5, 0.6) is 0 Å². The number of fused-ring (bicyclic) bond motifs is 1. The van der Waals surface area contributed by atoms with Crippen LogP contribution in [0, 0.1) is 6.92 Å². The van der Waals surface area contributed by atoms with Crippen molar-refractivity contribution in [3.63, 3.8) is 0 Å². The van der Waals surface area contributed by atoms with E-state index in [1.54, 1.807) is 0 Å². The molecule has 4 rings (SSSR count). The van der Waals surface area contributed by atoms with Crippen molar-refractivity contribution < 1.29 is 0 Å². The Morgan fingerprint density at radius 1 is 0.958 bits per heavy atom. The van der Waals surface area contributed by atoms with Crippen molar-refractivity contribution in [2.75, 3.05) is 0 Å². The molecule has 118 valence electrons. The molecule has 2 heterocycles. The summed E-state index contributed by atoms with van der Waals surface area (Å²) in [6.07, 6.45) is 5.03. The number of halogens is 1. The molecule has 2 aromatic heterocycles. The van der Waals surface area contributed by atoms with Crippen molar-refractivity contribution in [1.29, 1.82) is 0 Å². The van der Waals surface area contributed by atoms with Crippen LogP contribution < -0.4 is 0 Å². The van der Waals surface area contributed by atoms with E-state index in [4.69, 9.17) is 16.6 Å². The van der Waals surface area contributed by atoms with Gasteiger partial charge in [-0.15, -0.1) is 0 Å². The van der Waals surface area contributed by atoms with Crippen LogP contribution in [-0.2, 0) is 6.42 Å². The molecule has 0 aliphatic rings. The summed E-state index contributed by atoms with van der Waals surface area (Å²) in [7, 11) is 0. The summed E-state index contributed by atoms with van der Waals surface area (Å²) < 4.78 is 2.11. The van der Waals surface area contributed by atoms with Gasteiger partial charge in [0.15, 0.2) is 0 Å². The highest BCUT2D eigenvalue weighted by Crippen LogP contribution is 2.25. The van der Waals surface area contributed by atoms with Gasteiger partial charge in [0, 0.05) is 35.0 Å². The molecule has 0 N–H and O–H groups in total. The number of benzene rings is 2.